The van der Waals surface area contributed by atoms with Crippen LogP contribution in [0.1, 0.15) is 43.0 Å². The van der Waals surface area contributed by atoms with E-state index < -0.39 is 0 Å². The summed E-state index contributed by atoms with van der Waals surface area (Å²) in [4.78, 5) is 14.8. The average Bonchev–Trinajstić information content (AvgIpc) is 2.81. The molecule has 3 rings (SSSR count). The van der Waals surface area contributed by atoms with Crippen molar-refractivity contribution in [2.24, 2.45) is 0 Å². The first-order valence-corrected chi connectivity index (χ1v) is 8.36. The number of amides is 1. The summed E-state index contributed by atoms with van der Waals surface area (Å²) in [6, 6.07) is 6.50. The Kier molecular flexibility index (Phi) is 4.43. The first-order chi connectivity index (χ1) is 10.1. The Bertz CT molecular complexity index is 537. The second kappa shape index (κ2) is 6.15. The maximum atomic E-state index is 12.8. The first kappa shape index (κ1) is 15.1. The molecule has 0 radical (unpaired) electrons. The summed E-state index contributed by atoms with van der Waals surface area (Å²) in [5.41, 5.74) is 0.511. The van der Waals surface area contributed by atoms with Crippen molar-refractivity contribution in [2.75, 3.05) is 6.54 Å². The number of nitrogens with zero attached hydrogens (tertiary/aromatic N) is 1. The van der Waals surface area contributed by atoms with Crippen LogP contribution in [0.4, 0.5) is 0 Å². The molecule has 114 valence electrons. The van der Waals surface area contributed by atoms with Crippen molar-refractivity contribution >= 4 is 29.1 Å². The van der Waals surface area contributed by atoms with Gasteiger partial charge in [0.2, 0.25) is 0 Å². The van der Waals surface area contributed by atoms with Crippen LogP contribution in [0.25, 0.3) is 0 Å². The molecule has 2 aliphatic heterocycles. The molecule has 2 unspecified atom stereocenters. The van der Waals surface area contributed by atoms with E-state index in [1.807, 2.05) is 11.8 Å². The quantitative estimate of drug-likeness (QED) is 0.917. The van der Waals surface area contributed by atoms with E-state index in [0.29, 0.717) is 40.3 Å². The molecule has 5 heteroatoms. The second-order valence-electron chi connectivity index (χ2n) is 5.98. The van der Waals surface area contributed by atoms with Crippen LogP contribution in [-0.2, 0) is 0 Å². The number of piperidine rings is 1. The lowest BCUT2D eigenvalue weighted by molar-refractivity contribution is 0.0631. The van der Waals surface area contributed by atoms with E-state index in [1.54, 1.807) is 18.2 Å². The van der Waals surface area contributed by atoms with Crippen molar-refractivity contribution in [3.63, 3.8) is 0 Å². The molecule has 0 saturated carbocycles. The summed E-state index contributed by atoms with van der Waals surface area (Å²) in [6.45, 7) is 2.73. The van der Waals surface area contributed by atoms with E-state index in [9.17, 15) is 4.79 Å². The van der Waals surface area contributed by atoms with Crippen LogP contribution >= 0.6 is 23.2 Å². The summed E-state index contributed by atoms with van der Waals surface area (Å²) in [6.07, 6.45) is 4.53. The number of benzene rings is 1. The Labute approximate surface area is 135 Å². The van der Waals surface area contributed by atoms with Crippen LogP contribution in [0.2, 0.25) is 10.0 Å². The summed E-state index contributed by atoms with van der Waals surface area (Å²) < 4.78 is 0. The molecular weight excluding hydrogens is 307 g/mol. The van der Waals surface area contributed by atoms with Gasteiger partial charge in [0.05, 0.1) is 10.6 Å². The fraction of sp³-hybridized carbons (Fsp3) is 0.562. The van der Waals surface area contributed by atoms with E-state index >= 15 is 0 Å². The number of nitrogens with one attached hydrogen (secondary N) is 1. The Morgan fingerprint density at radius 3 is 2.57 bits per heavy atom. The summed E-state index contributed by atoms with van der Waals surface area (Å²) >= 11 is 12.2. The predicted octanol–water partition coefficient (Wildman–Crippen LogP) is 3.74. The smallest absolute Gasteiger partial charge is 0.255 e. The minimum atomic E-state index is -0.00343. The van der Waals surface area contributed by atoms with Crippen LogP contribution in [0.3, 0.4) is 0 Å². The maximum Gasteiger partial charge on any atom is 0.255 e. The van der Waals surface area contributed by atoms with Crippen LogP contribution < -0.4 is 5.32 Å². The van der Waals surface area contributed by atoms with Gasteiger partial charge in [-0.1, -0.05) is 23.2 Å². The van der Waals surface area contributed by atoms with Gasteiger partial charge < -0.3 is 10.2 Å². The lowest BCUT2D eigenvalue weighted by Crippen LogP contribution is -2.50. The number of rotatable bonds is 3. The largest absolute Gasteiger partial charge is 0.336 e. The molecule has 2 bridgehead atoms. The van der Waals surface area contributed by atoms with Gasteiger partial charge >= 0.3 is 0 Å². The van der Waals surface area contributed by atoms with E-state index in [1.165, 1.54) is 12.8 Å². The third kappa shape index (κ3) is 3.05. The van der Waals surface area contributed by atoms with Gasteiger partial charge in [-0.05, 0) is 50.8 Å². The van der Waals surface area contributed by atoms with Crippen molar-refractivity contribution in [3.05, 3.63) is 33.8 Å². The van der Waals surface area contributed by atoms with E-state index in [2.05, 4.69) is 5.32 Å². The second-order valence-corrected chi connectivity index (χ2v) is 6.82. The predicted molar refractivity (Wildman–Crippen MR) is 86.1 cm³/mol. The zero-order valence-corrected chi connectivity index (χ0v) is 13.6. The molecule has 2 heterocycles. The fourth-order valence-electron chi connectivity index (χ4n) is 3.67. The van der Waals surface area contributed by atoms with Gasteiger partial charge in [0.1, 0.15) is 0 Å². The highest BCUT2D eigenvalue weighted by molar-refractivity contribution is 6.35. The molecule has 3 nitrogen and oxygen atoms in total. The molecule has 2 fully saturated rings. The molecule has 2 atom stereocenters. The Morgan fingerprint density at radius 1 is 1.29 bits per heavy atom. The van der Waals surface area contributed by atoms with Gasteiger partial charge in [-0.15, -0.1) is 0 Å². The fourth-order valence-corrected chi connectivity index (χ4v) is 4.04. The molecule has 1 amide bonds. The van der Waals surface area contributed by atoms with Gasteiger partial charge in [0.15, 0.2) is 0 Å². The third-order valence-corrected chi connectivity index (χ3v) is 5.21. The number of halogens is 2. The highest BCUT2D eigenvalue weighted by Crippen LogP contribution is 2.31. The lowest BCUT2D eigenvalue weighted by Gasteiger charge is -2.37. The molecule has 1 N–H and O–H groups in total. The van der Waals surface area contributed by atoms with E-state index in [4.69, 9.17) is 23.2 Å². The summed E-state index contributed by atoms with van der Waals surface area (Å²) in [7, 11) is 0. The van der Waals surface area contributed by atoms with Gasteiger partial charge in [-0.3, -0.25) is 4.79 Å². The standard InChI is InChI=1S/C16H20Cl2N2O/c1-2-20(13-8-11-4-5-12(9-13)19-11)16(21)14-7-10(17)3-6-15(14)18/h3,6-7,11-13,19H,2,4-5,8-9H2,1H3. The van der Waals surface area contributed by atoms with E-state index in [0.717, 1.165) is 12.8 Å². The Hall–Kier alpha value is -0.770. The zero-order chi connectivity index (χ0) is 15.0. The SMILES string of the molecule is CCN(C(=O)c1cc(Cl)ccc1Cl)C1CC2CCC(C1)N2. The van der Waals surface area contributed by atoms with E-state index in [-0.39, 0.29) is 5.91 Å². The number of hydrogen-bond donors (Lipinski definition) is 1. The summed E-state index contributed by atoms with van der Waals surface area (Å²) in [5, 5.41) is 4.63. The first-order valence-electron chi connectivity index (χ1n) is 7.60. The molecule has 21 heavy (non-hydrogen) atoms. The monoisotopic (exact) mass is 326 g/mol. The normalized spacial score (nSPS) is 27.7. The molecular formula is C16H20Cl2N2O. The van der Waals surface area contributed by atoms with Crippen molar-refractivity contribution < 1.29 is 4.79 Å². The third-order valence-electron chi connectivity index (χ3n) is 4.65. The molecule has 2 aliphatic rings. The number of carbonyl (C=O) groups is 1. The van der Waals surface area contributed by atoms with Crippen LogP contribution in [-0.4, -0.2) is 35.5 Å². The van der Waals surface area contributed by atoms with Crippen LogP contribution in [0.5, 0.6) is 0 Å². The Morgan fingerprint density at radius 2 is 1.95 bits per heavy atom. The maximum absolute atomic E-state index is 12.8. The highest BCUT2D eigenvalue weighted by atomic mass is 35.5. The Balaban J connectivity index is 1.82. The zero-order valence-electron chi connectivity index (χ0n) is 12.1. The minimum Gasteiger partial charge on any atom is -0.336 e. The number of carbonyl (C=O) groups excluding carboxylic acids is 1. The van der Waals surface area contributed by atoms with Crippen molar-refractivity contribution in [2.45, 2.75) is 50.7 Å². The number of hydrogen-bond acceptors (Lipinski definition) is 2. The van der Waals surface area contributed by atoms with Crippen molar-refractivity contribution in [3.8, 4) is 0 Å². The number of fused-ring (bicyclic) bond motifs is 2. The lowest BCUT2D eigenvalue weighted by atomic mass is 9.97. The van der Waals surface area contributed by atoms with Gasteiger partial charge in [0, 0.05) is 29.7 Å². The molecule has 1 aromatic rings. The molecule has 0 aliphatic carbocycles. The van der Waals surface area contributed by atoms with Gasteiger partial charge in [-0.25, -0.2) is 0 Å². The van der Waals surface area contributed by atoms with Crippen molar-refractivity contribution in [1.82, 2.24) is 10.2 Å². The minimum absolute atomic E-state index is 0.00343. The van der Waals surface area contributed by atoms with Gasteiger partial charge in [0.25, 0.3) is 5.91 Å². The van der Waals surface area contributed by atoms with Crippen LogP contribution in [0, 0.1) is 0 Å². The topological polar surface area (TPSA) is 32.3 Å². The molecule has 2 saturated heterocycles. The molecule has 0 spiro atoms. The molecule has 1 aromatic carbocycles. The summed E-state index contributed by atoms with van der Waals surface area (Å²) in [5.74, 6) is -0.00343. The molecule has 0 aromatic heterocycles. The average molecular weight is 327 g/mol. The highest BCUT2D eigenvalue weighted by Gasteiger charge is 2.37. The van der Waals surface area contributed by atoms with Crippen LogP contribution in [0.15, 0.2) is 18.2 Å². The van der Waals surface area contributed by atoms with Crippen molar-refractivity contribution in [1.29, 1.82) is 0 Å². The van der Waals surface area contributed by atoms with Gasteiger partial charge in [-0.2, -0.15) is 0 Å².